The summed E-state index contributed by atoms with van der Waals surface area (Å²) in [4.78, 5) is 0. The highest BCUT2D eigenvalue weighted by molar-refractivity contribution is 6.31. The SMILES string of the molecule is Cc1ccc(NC[C@@H](O)Cn2c3ccccc3c3ccccc32)cc1Cl. The summed E-state index contributed by atoms with van der Waals surface area (Å²) in [5.74, 6) is 0. The van der Waals surface area contributed by atoms with Crippen molar-refractivity contribution in [3.05, 3.63) is 77.3 Å². The van der Waals surface area contributed by atoms with Crippen LogP contribution in [0.4, 0.5) is 5.69 Å². The fourth-order valence-electron chi connectivity index (χ4n) is 3.41. The third kappa shape index (κ3) is 3.16. The summed E-state index contributed by atoms with van der Waals surface area (Å²) >= 11 is 6.17. The van der Waals surface area contributed by atoms with Crippen LogP contribution in [0.2, 0.25) is 5.02 Å². The second kappa shape index (κ2) is 7.02. The molecule has 132 valence electrons. The summed E-state index contributed by atoms with van der Waals surface area (Å²) in [6.07, 6.45) is -0.519. The van der Waals surface area contributed by atoms with Crippen LogP contribution >= 0.6 is 11.6 Å². The van der Waals surface area contributed by atoms with Gasteiger partial charge in [-0.15, -0.1) is 0 Å². The van der Waals surface area contributed by atoms with Crippen LogP contribution in [0.15, 0.2) is 66.7 Å². The molecule has 3 aromatic carbocycles. The number of halogens is 1. The Hall–Kier alpha value is -2.49. The second-order valence-electron chi connectivity index (χ2n) is 6.64. The van der Waals surface area contributed by atoms with Gasteiger partial charge >= 0.3 is 0 Å². The van der Waals surface area contributed by atoms with Crippen LogP contribution in [0.3, 0.4) is 0 Å². The van der Waals surface area contributed by atoms with E-state index in [0.717, 1.165) is 27.3 Å². The molecule has 26 heavy (non-hydrogen) atoms. The molecule has 0 aliphatic carbocycles. The zero-order chi connectivity index (χ0) is 18.1. The number of aromatic nitrogens is 1. The number of benzene rings is 3. The summed E-state index contributed by atoms with van der Waals surface area (Å²) in [7, 11) is 0. The number of anilines is 1. The molecule has 4 rings (SSSR count). The maximum atomic E-state index is 10.6. The normalized spacial score (nSPS) is 12.6. The number of nitrogens with zero attached hydrogens (tertiary/aromatic N) is 1. The minimum Gasteiger partial charge on any atom is -0.389 e. The van der Waals surface area contributed by atoms with E-state index in [-0.39, 0.29) is 0 Å². The molecular formula is C22H21ClN2O. The number of para-hydroxylation sites is 2. The van der Waals surface area contributed by atoms with E-state index >= 15 is 0 Å². The molecule has 4 heteroatoms. The largest absolute Gasteiger partial charge is 0.389 e. The number of hydrogen-bond donors (Lipinski definition) is 2. The molecule has 0 bridgehead atoms. The van der Waals surface area contributed by atoms with Gasteiger partial charge in [0.25, 0.3) is 0 Å². The Morgan fingerprint density at radius 2 is 1.58 bits per heavy atom. The molecule has 4 aromatic rings. The fourth-order valence-corrected chi connectivity index (χ4v) is 3.59. The van der Waals surface area contributed by atoms with Gasteiger partial charge in [0, 0.05) is 39.1 Å². The molecule has 0 saturated carbocycles. The molecule has 2 N–H and O–H groups in total. The molecule has 0 spiro atoms. The first kappa shape index (κ1) is 17.0. The molecular weight excluding hydrogens is 344 g/mol. The zero-order valence-electron chi connectivity index (χ0n) is 14.6. The van der Waals surface area contributed by atoms with Crippen molar-refractivity contribution in [3.8, 4) is 0 Å². The number of fused-ring (bicyclic) bond motifs is 3. The highest BCUT2D eigenvalue weighted by Crippen LogP contribution is 2.29. The van der Waals surface area contributed by atoms with Gasteiger partial charge in [-0.1, -0.05) is 54.1 Å². The Labute approximate surface area is 157 Å². The summed E-state index contributed by atoms with van der Waals surface area (Å²) in [5.41, 5.74) is 4.25. The van der Waals surface area contributed by atoms with Crippen molar-refractivity contribution in [1.29, 1.82) is 0 Å². The van der Waals surface area contributed by atoms with Crippen molar-refractivity contribution in [2.75, 3.05) is 11.9 Å². The average Bonchev–Trinajstić information content (AvgIpc) is 2.97. The monoisotopic (exact) mass is 364 g/mol. The van der Waals surface area contributed by atoms with Crippen molar-refractivity contribution in [2.45, 2.75) is 19.6 Å². The van der Waals surface area contributed by atoms with Crippen molar-refractivity contribution in [3.63, 3.8) is 0 Å². The molecule has 1 aromatic heterocycles. The number of hydrogen-bond acceptors (Lipinski definition) is 2. The van der Waals surface area contributed by atoms with Gasteiger partial charge in [-0.3, -0.25) is 0 Å². The first-order valence-electron chi connectivity index (χ1n) is 8.77. The number of nitrogens with one attached hydrogen (secondary N) is 1. The summed E-state index contributed by atoms with van der Waals surface area (Å²) in [5, 5.41) is 17.0. The molecule has 0 fully saturated rings. The molecule has 0 aliphatic rings. The Morgan fingerprint density at radius 1 is 0.962 bits per heavy atom. The van der Waals surface area contributed by atoms with Gasteiger partial charge < -0.3 is 15.0 Å². The van der Waals surface area contributed by atoms with Gasteiger partial charge in [-0.05, 0) is 36.8 Å². The lowest BCUT2D eigenvalue weighted by Crippen LogP contribution is -2.24. The molecule has 1 atom stereocenters. The van der Waals surface area contributed by atoms with Crippen LogP contribution in [0.1, 0.15) is 5.56 Å². The maximum Gasteiger partial charge on any atom is 0.0891 e. The average molecular weight is 365 g/mol. The number of aliphatic hydroxyl groups is 1. The van der Waals surface area contributed by atoms with Crippen LogP contribution in [0, 0.1) is 6.92 Å². The highest BCUT2D eigenvalue weighted by atomic mass is 35.5. The van der Waals surface area contributed by atoms with Crippen LogP contribution in [0.25, 0.3) is 21.8 Å². The maximum absolute atomic E-state index is 10.6. The topological polar surface area (TPSA) is 37.2 Å². The predicted octanol–water partition coefficient (Wildman–Crippen LogP) is 5.23. The van der Waals surface area contributed by atoms with Gasteiger partial charge in [-0.2, -0.15) is 0 Å². The molecule has 1 heterocycles. The van der Waals surface area contributed by atoms with E-state index in [9.17, 15) is 5.11 Å². The minimum absolute atomic E-state index is 0.459. The minimum atomic E-state index is -0.519. The number of rotatable bonds is 5. The van der Waals surface area contributed by atoms with Crippen molar-refractivity contribution < 1.29 is 5.11 Å². The summed E-state index contributed by atoms with van der Waals surface area (Å²) in [6, 6.07) is 22.5. The van der Waals surface area contributed by atoms with E-state index in [1.807, 2.05) is 37.3 Å². The number of aliphatic hydroxyl groups excluding tert-OH is 1. The second-order valence-corrected chi connectivity index (χ2v) is 7.05. The van der Waals surface area contributed by atoms with Crippen molar-refractivity contribution in [2.24, 2.45) is 0 Å². The Bertz CT molecular complexity index is 1020. The van der Waals surface area contributed by atoms with E-state index in [0.29, 0.717) is 13.1 Å². The van der Waals surface area contributed by atoms with E-state index in [4.69, 9.17) is 11.6 Å². The first-order valence-corrected chi connectivity index (χ1v) is 9.15. The first-order chi connectivity index (χ1) is 12.6. The number of aryl methyl sites for hydroxylation is 1. The smallest absolute Gasteiger partial charge is 0.0891 e. The highest BCUT2D eigenvalue weighted by Gasteiger charge is 2.13. The van der Waals surface area contributed by atoms with Gasteiger partial charge in [0.1, 0.15) is 0 Å². The Balaban J connectivity index is 1.57. The molecule has 0 radical (unpaired) electrons. The van der Waals surface area contributed by atoms with Gasteiger partial charge in [0.15, 0.2) is 0 Å². The Morgan fingerprint density at radius 3 is 2.19 bits per heavy atom. The standard InChI is InChI=1S/C22H21ClN2O/c1-15-10-11-16(12-20(15)23)24-13-17(26)14-25-21-8-4-2-6-18(21)19-7-3-5-9-22(19)25/h2-12,17,24,26H,13-14H2,1H3/t17-/m1/s1. The van der Waals surface area contributed by atoms with Crippen molar-refractivity contribution in [1.82, 2.24) is 4.57 Å². The molecule has 0 aliphatic heterocycles. The lowest BCUT2D eigenvalue weighted by molar-refractivity contribution is 0.169. The Kier molecular flexibility index (Phi) is 4.58. The van der Waals surface area contributed by atoms with Crippen molar-refractivity contribution >= 4 is 39.1 Å². The van der Waals surface area contributed by atoms with E-state index in [2.05, 4.69) is 46.3 Å². The van der Waals surface area contributed by atoms with Gasteiger partial charge in [-0.25, -0.2) is 0 Å². The van der Waals surface area contributed by atoms with E-state index < -0.39 is 6.10 Å². The molecule has 0 amide bonds. The third-order valence-electron chi connectivity index (χ3n) is 4.79. The van der Waals surface area contributed by atoms with Crippen LogP contribution in [-0.2, 0) is 6.54 Å². The molecule has 0 saturated heterocycles. The van der Waals surface area contributed by atoms with Crippen LogP contribution in [-0.4, -0.2) is 22.3 Å². The van der Waals surface area contributed by atoms with E-state index in [1.165, 1.54) is 10.8 Å². The van der Waals surface area contributed by atoms with Crippen LogP contribution < -0.4 is 5.32 Å². The summed E-state index contributed by atoms with van der Waals surface area (Å²) in [6.45, 7) is 2.96. The predicted molar refractivity (Wildman–Crippen MR) is 110 cm³/mol. The lowest BCUT2D eigenvalue weighted by atomic mass is 10.2. The quantitative estimate of drug-likeness (QED) is 0.508. The fraction of sp³-hybridized carbons (Fsp3) is 0.182. The molecule has 0 unspecified atom stereocenters. The van der Waals surface area contributed by atoms with Gasteiger partial charge in [0.05, 0.1) is 12.6 Å². The van der Waals surface area contributed by atoms with Crippen LogP contribution in [0.5, 0.6) is 0 Å². The third-order valence-corrected chi connectivity index (χ3v) is 5.19. The van der Waals surface area contributed by atoms with E-state index in [1.54, 1.807) is 0 Å². The lowest BCUT2D eigenvalue weighted by Gasteiger charge is -2.16. The van der Waals surface area contributed by atoms with Gasteiger partial charge in [0.2, 0.25) is 0 Å². The zero-order valence-corrected chi connectivity index (χ0v) is 15.4. The molecule has 3 nitrogen and oxygen atoms in total. The summed E-state index contributed by atoms with van der Waals surface area (Å²) < 4.78 is 2.19.